The molecule has 3 aromatic heterocycles. The number of aliphatic hydroxyl groups is 6. The van der Waals surface area contributed by atoms with Crippen molar-refractivity contribution in [3.63, 3.8) is 0 Å². The Balaban J connectivity index is 0. The average Bonchev–Trinajstić information content (AvgIpc) is 1.30. The zero-order chi connectivity index (χ0) is 66.5. The Morgan fingerprint density at radius 2 is 0.744 bits per heavy atom. The van der Waals surface area contributed by atoms with Crippen LogP contribution in [0.1, 0.15) is 199 Å². The number of nitrogens with zero attached hydrogens (tertiary/aromatic N) is 6. The molecule has 6 unspecified atom stereocenters. The first-order chi connectivity index (χ1) is 40.0. The van der Waals surface area contributed by atoms with Gasteiger partial charge in [-0.1, -0.05) is 157 Å². The van der Waals surface area contributed by atoms with Crippen LogP contribution >= 0.6 is 0 Å². The topological polar surface area (TPSA) is 199 Å². The fraction of sp³-hybridized carbons (Fsp3) is 0.520. The van der Waals surface area contributed by atoms with Gasteiger partial charge in [0.1, 0.15) is 0 Å². The molecule has 3 radical (unpaired) electrons. The van der Waals surface area contributed by atoms with E-state index in [-0.39, 0.29) is 94.2 Å². The Labute approximate surface area is 584 Å². The Kier molecular flexibility index (Phi) is 39.2. The molecule has 0 aliphatic heterocycles. The van der Waals surface area contributed by atoms with Crippen LogP contribution in [0.4, 0.5) is 0 Å². The van der Waals surface area contributed by atoms with Gasteiger partial charge >= 0.3 is 0 Å². The van der Waals surface area contributed by atoms with Crippen LogP contribution in [0.15, 0.2) is 91.6 Å². The van der Waals surface area contributed by atoms with Crippen LogP contribution in [0.2, 0.25) is 0 Å². The SMILES string of the molecule is CC(C)(C)C(O)CC(O)C(C)(C)C.CC(O)CC(C)O.CC(O)CC(O)C(C)(C)C.Cc1[c-]c(-c2ncc(-c3c(C)cccc3C)cn2)cc(C)c1.Cc1[c-]c(-c2ncc(C(C)(C)C)cn2)cc(C)c1.Cc1[c-]c(-c2nccc(C(C)C)n2)cc(C)c1.[Ir].[Ir].[Ir]. The second-order valence-electron chi connectivity index (χ2n) is 28.2. The van der Waals surface area contributed by atoms with Crippen LogP contribution in [0.5, 0.6) is 0 Å². The summed E-state index contributed by atoms with van der Waals surface area (Å²) in [4.78, 5) is 26.9. The number of aliphatic hydroxyl groups excluding tert-OH is 6. The Bertz CT molecular complexity index is 3060. The Morgan fingerprint density at radius 3 is 1.03 bits per heavy atom. The van der Waals surface area contributed by atoms with E-state index in [0.717, 1.165) is 67.7 Å². The summed E-state index contributed by atoms with van der Waals surface area (Å²) in [6.07, 6.45) is 8.39. The van der Waals surface area contributed by atoms with Crippen molar-refractivity contribution in [2.75, 3.05) is 0 Å². The van der Waals surface area contributed by atoms with Crippen LogP contribution in [-0.2, 0) is 65.7 Å². The first-order valence-corrected chi connectivity index (χ1v) is 30.6. The molecule has 0 aliphatic rings. The number of aryl methyl sites for hydroxylation is 8. The summed E-state index contributed by atoms with van der Waals surface area (Å²) < 4.78 is 0. The number of hydrogen-bond donors (Lipinski definition) is 6. The summed E-state index contributed by atoms with van der Waals surface area (Å²) in [6.45, 7) is 50.1. The molecule has 90 heavy (non-hydrogen) atoms. The summed E-state index contributed by atoms with van der Waals surface area (Å²) in [5.41, 5.74) is 16.5. The van der Waals surface area contributed by atoms with Crippen molar-refractivity contribution in [1.29, 1.82) is 0 Å². The molecule has 4 aromatic carbocycles. The maximum absolute atomic E-state index is 9.76. The summed E-state index contributed by atoms with van der Waals surface area (Å²) in [7, 11) is 0. The predicted molar refractivity (Wildman–Crippen MR) is 360 cm³/mol. The van der Waals surface area contributed by atoms with Gasteiger partial charge in [0.05, 0.1) is 54.1 Å². The first kappa shape index (κ1) is 87.9. The largest absolute Gasteiger partial charge is 0.393 e. The minimum atomic E-state index is -0.443. The van der Waals surface area contributed by atoms with Crippen LogP contribution < -0.4 is 0 Å². The van der Waals surface area contributed by atoms with Gasteiger partial charge < -0.3 is 30.6 Å². The molecule has 6 N–H and O–H groups in total. The number of aromatic nitrogens is 6. The zero-order valence-electron chi connectivity index (χ0n) is 58.7. The quantitative estimate of drug-likeness (QED) is 0.0671. The van der Waals surface area contributed by atoms with E-state index in [1.165, 1.54) is 33.4 Å². The van der Waals surface area contributed by atoms with Crippen molar-refractivity contribution < 1.29 is 91.0 Å². The summed E-state index contributed by atoms with van der Waals surface area (Å²) >= 11 is 0. The van der Waals surface area contributed by atoms with Crippen LogP contribution in [0.25, 0.3) is 45.3 Å². The third-order valence-electron chi connectivity index (χ3n) is 14.1. The van der Waals surface area contributed by atoms with E-state index in [1.807, 2.05) is 120 Å². The maximum atomic E-state index is 9.76. The summed E-state index contributed by atoms with van der Waals surface area (Å²) in [5.74, 6) is 2.65. The number of hydrogen-bond acceptors (Lipinski definition) is 12. The molecular weight excluding hydrogens is 1660 g/mol. The van der Waals surface area contributed by atoms with Crippen molar-refractivity contribution in [3.05, 3.63) is 166 Å². The molecule has 0 spiro atoms. The first-order valence-electron chi connectivity index (χ1n) is 30.6. The summed E-state index contributed by atoms with van der Waals surface area (Å²) in [5, 5.41) is 55.0. The van der Waals surface area contributed by atoms with Crippen molar-refractivity contribution in [1.82, 2.24) is 29.9 Å². The molecule has 0 bridgehead atoms. The predicted octanol–water partition coefficient (Wildman–Crippen LogP) is 15.9. The van der Waals surface area contributed by atoms with Crippen LogP contribution in [-0.4, -0.2) is 97.2 Å². The van der Waals surface area contributed by atoms with E-state index < -0.39 is 24.4 Å². The Morgan fingerprint density at radius 1 is 0.411 bits per heavy atom. The van der Waals surface area contributed by atoms with Crippen LogP contribution in [0, 0.1) is 89.8 Å². The number of rotatable bonds is 11. The molecule has 6 atom stereocenters. The molecule has 3 heterocycles. The molecule has 0 amide bonds. The van der Waals surface area contributed by atoms with Gasteiger partial charge in [-0.15, -0.1) is 105 Å². The third kappa shape index (κ3) is 33.1. The molecular formula is C75H109Ir3N6O6-3. The van der Waals surface area contributed by atoms with Crippen molar-refractivity contribution in [2.24, 2.45) is 16.2 Å². The van der Waals surface area contributed by atoms with E-state index in [4.69, 9.17) is 15.3 Å². The minimum Gasteiger partial charge on any atom is -0.393 e. The second kappa shape index (κ2) is 40.2. The fourth-order valence-electron chi connectivity index (χ4n) is 8.68. The molecule has 15 heteroatoms. The van der Waals surface area contributed by atoms with Crippen molar-refractivity contribution >= 4 is 0 Å². The second-order valence-corrected chi connectivity index (χ2v) is 28.2. The molecule has 505 valence electrons. The zero-order valence-corrected chi connectivity index (χ0v) is 65.9. The van der Waals surface area contributed by atoms with Gasteiger partial charge in [-0.05, 0) is 103 Å². The van der Waals surface area contributed by atoms with Gasteiger partial charge in [0.2, 0.25) is 0 Å². The van der Waals surface area contributed by atoms with Crippen LogP contribution in [0.3, 0.4) is 0 Å². The van der Waals surface area contributed by atoms with E-state index in [0.29, 0.717) is 25.2 Å². The molecule has 0 saturated carbocycles. The monoisotopic (exact) mass is 1770 g/mol. The van der Waals surface area contributed by atoms with Gasteiger partial charge in [-0.3, -0.25) is 29.9 Å². The van der Waals surface area contributed by atoms with E-state index >= 15 is 0 Å². The van der Waals surface area contributed by atoms with Gasteiger partial charge in [0, 0.05) is 109 Å². The molecule has 12 nitrogen and oxygen atoms in total. The Hall–Kier alpha value is -4.17. The molecule has 0 aliphatic carbocycles. The average molecular weight is 1770 g/mol. The van der Waals surface area contributed by atoms with Gasteiger partial charge in [0.25, 0.3) is 0 Å². The van der Waals surface area contributed by atoms with Gasteiger partial charge in [-0.25, -0.2) is 0 Å². The summed E-state index contributed by atoms with van der Waals surface area (Å²) in [6, 6.07) is 30.7. The van der Waals surface area contributed by atoms with Gasteiger partial charge in [-0.2, -0.15) is 0 Å². The maximum Gasteiger partial charge on any atom is 0.0751 e. The number of benzene rings is 4. The molecule has 7 rings (SSSR count). The van der Waals surface area contributed by atoms with Crippen molar-refractivity contribution in [3.8, 4) is 45.3 Å². The van der Waals surface area contributed by atoms with Gasteiger partial charge in [0.15, 0.2) is 0 Å². The fourth-order valence-corrected chi connectivity index (χ4v) is 8.68. The normalized spacial score (nSPS) is 13.2. The van der Waals surface area contributed by atoms with E-state index in [9.17, 15) is 15.3 Å². The van der Waals surface area contributed by atoms with E-state index in [1.54, 1.807) is 20.8 Å². The standard InChI is InChI=1S/C20H19N2.C16H19N2.C15H17N2.C11H24O2.C8H18O2.C5H12O2.3Ir/c1-13-8-14(2)10-17(9-13)20-21-11-18(12-22-20)19-15(3)6-5-7-16(19)4;1-11-6-12(2)8-13(7-11)15-17-9-14(10-18-15)16(3,4)5;1-10(2)14-5-6-16-15(17-14)13-8-11(3)7-12(4)9-13;1-10(2,3)8(12)7-9(13)11(4,5)6;1-6(9)5-7(10)8(2,3)4;1-4(6)3-5(2)7;;;/h5-9,11-12H,1-4H3;6-7,9-10H,1-5H3;5-8,10H,1-4H3;8-9,12-13H,7H2,1-6H3;6-7,9-10H,5H2,1-4H3;4-7H,3H2,1-2H3;;;/q3*-1;;;;;;. The molecule has 7 aromatic rings. The molecule has 0 fully saturated rings. The third-order valence-corrected chi connectivity index (χ3v) is 14.1. The van der Waals surface area contributed by atoms with E-state index in [2.05, 4.69) is 172 Å². The van der Waals surface area contributed by atoms with Crippen molar-refractivity contribution in [2.45, 2.75) is 240 Å². The molecule has 0 saturated heterocycles. The minimum absolute atomic E-state index is 0. The smallest absolute Gasteiger partial charge is 0.0751 e.